The Morgan fingerprint density at radius 2 is 2.11 bits per heavy atom. The van der Waals surface area contributed by atoms with Crippen LogP contribution in [0.3, 0.4) is 0 Å². The van der Waals surface area contributed by atoms with Crippen LogP contribution in [0.25, 0.3) is 0 Å². The van der Waals surface area contributed by atoms with Gasteiger partial charge in [0.1, 0.15) is 5.75 Å². The molecule has 2 unspecified atom stereocenters. The number of halogens is 1. The Kier molecular flexibility index (Phi) is 2.12. The summed E-state index contributed by atoms with van der Waals surface area (Å²) in [7, 11) is 0. The first-order valence-corrected chi connectivity index (χ1v) is 6.48. The molecule has 2 aromatic rings. The Labute approximate surface area is 110 Å². The van der Waals surface area contributed by atoms with E-state index in [0.717, 1.165) is 24.0 Å². The van der Waals surface area contributed by atoms with Crippen LogP contribution in [0.2, 0.25) is 5.15 Å². The lowest BCUT2D eigenvalue weighted by molar-refractivity contribution is 0.449. The zero-order chi connectivity index (χ0) is 12.1. The molecule has 18 heavy (non-hydrogen) atoms. The number of ether oxygens (including phenoxy) is 1. The van der Waals surface area contributed by atoms with Gasteiger partial charge in [-0.1, -0.05) is 23.7 Å². The lowest BCUT2D eigenvalue weighted by Gasteiger charge is -2.10. The summed E-state index contributed by atoms with van der Waals surface area (Å²) in [4.78, 5) is 0. The van der Waals surface area contributed by atoms with E-state index in [0.29, 0.717) is 11.0 Å². The van der Waals surface area contributed by atoms with Crippen LogP contribution in [0.5, 0.6) is 11.6 Å². The predicted molar refractivity (Wildman–Crippen MR) is 68.1 cm³/mol. The molecule has 4 rings (SSSR count). The Morgan fingerprint density at radius 3 is 2.94 bits per heavy atom. The average molecular weight is 259 g/mol. The van der Waals surface area contributed by atoms with Crippen LogP contribution in [0, 0.1) is 5.92 Å². The monoisotopic (exact) mass is 258 g/mol. The van der Waals surface area contributed by atoms with Crippen molar-refractivity contribution >= 4 is 11.6 Å². The molecule has 1 heterocycles. The average Bonchev–Trinajstić information content (AvgIpc) is 3.06. The van der Waals surface area contributed by atoms with Crippen LogP contribution in [0.4, 0.5) is 0 Å². The minimum absolute atomic E-state index is 0.377. The van der Waals surface area contributed by atoms with Crippen molar-refractivity contribution in [2.45, 2.75) is 18.8 Å². The van der Waals surface area contributed by atoms with Gasteiger partial charge in [-0.25, -0.2) is 0 Å². The van der Waals surface area contributed by atoms with E-state index >= 15 is 0 Å². The molecule has 2 aliphatic carbocycles. The SMILES string of the molecule is Clc1ccc(Oc2cccc3c2CC2CC32)nn1. The second-order valence-corrected chi connectivity index (χ2v) is 5.31. The Hall–Kier alpha value is -1.61. The van der Waals surface area contributed by atoms with Crippen LogP contribution >= 0.6 is 11.6 Å². The minimum atomic E-state index is 0.377. The van der Waals surface area contributed by atoms with Crippen molar-refractivity contribution in [2.24, 2.45) is 5.92 Å². The highest BCUT2D eigenvalue weighted by Gasteiger charge is 2.46. The fourth-order valence-corrected chi connectivity index (χ4v) is 2.93. The van der Waals surface area contributed by atoms with Gasteiger partial charge in [0, 0.05) is 6.07 Å². The molecule has 2 atom stereocenters. The summed E-state index contributed by atoms with van der Waals surface area (Å²) in [5.74, 6) is 3.03. The summed E-state index contributed by atoms with van der Waals surface area (Å²) in [6.07, 6.45) is 2.48. The van der Waals surface area contributed by atoms with Gasteiger partial charge in [0.2, 0.25) is 5.88 Å². The number of hydrogen-bond donors (Lipinski definition) is 0. The van der Waals surface area contributed by atoms with Crippen molar-refractivity contribution in [1.29, 1.82) is 0 Å². The Balaban J connectivity index is 1.68. The van der Waals surface area contributed by atoms with Crippen molar-refractivity contribution in [2.75, 3.05) is 0 Å². The first-order chi connectivity index (χ1) is 8.81. The summed E-state index contributed by atoms with van der Waals surface area (Å²) >= 11 is 5.70. The molecule has 3 nitrogen and oxygen atoms in total. The van der Waals surface area contributed by atoms with Crippen LogP contribution in [-0.2, 0) is 6.42 Å². The number of fused-ring (bicyclic) bond motifs is 3. The predicted octanol–water partition coefficient (Wildman–Crippen LogP) is 3.58. The van der Waals surface area contributed by atoms with Gasteiger partial charge in [-0.05, 0) is 47.9 Å². The summed E-state index contributed by atoms with van der Waals surface area (Å²) < 4.78 is 5.81. The largest absolute Gasteiger partial charge is 0.437 e. The Morgan fingerprint density at radius 1 is 1.17 bits per heavy atom. The lowest BCUT2D eigenvalue weighted by Crippen LogP contribution is -1.95. The smallest absolute Gasteiger partial charge is 0.238 e. The van der Waals surface area contributed by atoms with Gasteiger partial charge in [-0.3, -0.25) is 0 Å². The second-order valence-electron chi connectivity index (χ2n) is 4.93. The number of rotatable bonds is 2. The summed E-state index contributed by atoms with van der Waals surface area (Å²) in [5.41, 5.74) is 2.80. The van der Waals surface area contributed by atoms with E-state index in [1.54, 1.807) is 12.1 Å². The fourth-order valence-electron chi connectivity index (χ4n) is 2.83. The number of benzene rings is 1. The number of aromatic nitrogens is 2. The van der Waals surface area contributed by atoms with Crippen molar-refractivity contribution in [1.82, 2.24) is 10.2 Å². The second kappa shape index (κ2) is 3.69. The highest BCUT2D eigenvalue weighted by Crippen LogP contribution is 2.58. The van der Waals surface area contributed by atoms with Gasteiger partial charge < -0.3 is 4.74 Å². The van der Waals surface area contributed by atoms with E-state index in [9.17, 15) is 0 Å². The van der Waals surface area contributed by atoms with Crippen molar-refractivity contribution in [3.05, 3.63) is 46.6 Å². The third kappa shape index (κ3) is 1.58. The molecule has 90 valence electrons. The van der Waals surface area contributed by atoms with Crippen molar-refractivity contribution in [3.8, 4) is 11.6 Å². The van der Waals surface area contributed by atoms with Gasteiger partial charge in [0.25, 0.3) is 0 Å². The molecule has 0 N–H and O–H groups in total. The van der Waals surface area contributed by atoms with Gasteiger partial charge in [-0.15, -0.1) is 10.2 Å². The zero-order valence-electron chi connectivity index (χ0n) is 9.64. The van der Waals surface area contributed by atoms with E-state index in [2.05, 4.69) is 22.3 Å². The van der Waals surface area contributed by atoms with Crippen LogP contribution in [0.15, 0.2) is 30.3 Å². The standard InChI is InChI=1S/C14H11ClN2O/c15-13-4-5-14(17-16-13)18-12-3-1-2-9-10-6-8(10)7-11(9)12/h1-5,8,10H,6-7H2. The minimum Gasteiger partial charge on any atom is -0.437 e. The van der Waals surface area contributed by atoms with Crippen LogP contribution in [0.1, 0.15) is 23.5 Å². The number of hydrogen-bond acceptors (Lipinski definition) is 3. The third-order valence-corrected chi connectivity index (χ3v) is 3.98. The van der Waals surface area contributed by atoms with E-state index in [1.165, 1.54) is 17.5 Å². The molecule has 0 spiro atoms. The lowest BCUT2D eigenvalue weighted by atomic mass is 10.1. The normalized spacial score (nSPS) is 23.4. The van der Waals surface area contributed by atoms with E-state index in [4.69, 9.17) is 16.3 Å². The molecule has 2 aliphatic rings. The maximum Gasteiger partial charge on any atom is 0.238 e. The molecule has 1 fully saturated rings. The quantitative estimate of drug-likeness (QED) is 0.826. The highest BCUT2D eigenvalue weighted by atomic mass is 35.5. The van der Waals surface area contributed by atoms with E-state index < -0.39 is 0 Å². The Bertz CT molecular complexity index is 612. The van der Waals surface area contributed by atoms with Crippen molar-refractivity contribution < 1.29 is 4.74 Å². The summed E-state index contributed by atoms with van der Waals surface area (Å²) in [6, 6.07) is 9.69. The van der Waals surface area contributed by atoms with Gasteiger partial charge in [0.15, 0.2) is 5.15 Å². The topological polar surface area (TPSA) is 35.0 Å². The maximum absolute atomic E-state index is 5.81. The molecular formula is C14H11ClN2O. The summed E-state index contributed by atoms with van der Waals surface area (Å²) in [6.45, 7) is 0. The summed E-state index contributed by atoms with van der Waals surface area (Å²) in [5, 5.41) is 8.08. The molecule has 0 aliphatic heterocycles. The third-order valence-electron chi connectivity index (χ3n) is 3.78. The zero-order valence-corrected chi connectivity index (χ0v) is 10.4. The van der Waals surface area contributed by atoms with Crippen LogP contribution < -0.4 is 4.74 Å². The molecule has 1 saturated carbocycles. The maximum atomic E-state index is 5.81. The van der Waals surface area contributed by atoms with Gasteiger partial charge in [-0.2, -0.15) is 0 Å². The fraction of sp³-hybridized carbons (Fsp3) is 0.286. The molecule has 0 radical (unpaired) electrons. The number of nitrogens with zero attached hydrogens (tertiary/aromatic N) is 2. The van der Waals surface area contributed by atoms with Gasteiger partial charge >= 0.3 is 0 Å². The molecule has 0 saturated heterocycles. The molecule has 1 aromatic carbocycles. The first-order valence-electron chi connectivity index (χ1n) is 6.10. The molecule has 0 amide bonds. The van der Waals surface area contributed by atoms with Gasteiger partial charge in [0.05, 0.1) is 0 Å². The van der Waals surface area contributed by atoms with Crippen molar-refractivity contribution in [3.63, 3.8) is 0 Å². The van der Waals surface area contributed by atoms with Crippen LogP contribution in [-0.4, -0.2) is 10.2 Å². The van der Waals surface area contributed by atoms with E-state index in [-0.39, 0.29) is 0 Å². The first kappa shape index (κ1) is 10.3. The molecular weight excluding hydrogens is 248 g/mol. The molecule has 1 aromatic heterocycles. The van der Waals surface area contributed by atoms with E-state index in [1.807, 2.05) is 6.07 Å². The molecule has 0 bridgehead atoms. The highest BCUT2D eigenvalue weighted by molar-refractivity contribution is 6.29. The molecule has 4 heteroatoms.